The maximum Gasteiger partial charge on any atom is 0.148 e. The van der Waals surface area contributed by atoms with Crippen molar-refractivity contribution in [3.05, 3.63) is 42.4 Å². The lowest BCUT2D eigenvalue weighted by Crippen LogP contribution is -2.37. The quantitative estimate of drug-likeness (QED) is 0.890. The van der Waals surface area contributed by atoms with Crippen LogP contribution in [0.2, 0.25) is 0 Å². The summed E-state index contributed by atoms with van der Waals surface area (Å²) in [4.78, 5) is 6.46. The van der Waals surface area contributed by atoms with E-state index in [4.69, 9.17) is 0 Å². The smallest absolute Gasteiger partial charge is 0.148 e. The number of piperidine rings is 1. The molecule has 124 valence electrons. The second kappa shape index (κ2) is 7.59. The molecule has 1 aliphatic heterocycles. The summed E-state index contributed by atoms with van der Waals surface area (Å²) in [6.07, 6.45) is 9.27. The Kier molecular flexibility index (Phi) is 5.28. The molecule has 23 heavy (non-hydrogen) atoms. The van der Waals surface area contributed by atoms with Gasteiger partial charge in [-0.3, -0.25) is 9.67 Å². The molecular weight excluding hydrogens is 286 g/mol. The number of hydrogen-bond acceptors (Lipinski definition) is 4. The van der Waals surface area contributed by atoms with Crippen molar-refractivity contribution < 1.29 is 0 Å². The minimum absolute atomic E-state index is 0.479. The van der Waals surface area contributed by atoms with Crippen LogP contribution in [0.1, 0.15) is 25.3 Å². The molecule has 2 aromatic heterocycles. The third-order valence-corrected chi connectivity index (χ3v) is 4.87. The van der Waals surface area contributed by atoms with E-state index >= 15 is 0 Å². The van der Waals surface area contributed by atoms with E-state index in [9.17, 15) is 0 Å². The molecule has 0 aromatic carbocycles. The van der Waals surface area contributed by atoms with Crippen LogP contribution in [-0.2, 0) is 13.0 Å². The average Bonchev–Trinajstić information content (AvgIpc) is 3.02. The zero-order chi connectivity index (χ0) is 16.1. The Bertz CT molecular complexity index is 586. The lowest BCUT2D eigenvalue weighted by atomic mass is 9.90. The Balaban J connectivity index is 1.49. The van der Waals surface area contributed by atoms with Crippen molar-refractivity contribution in [1.29, 1.82) is 0 Å². The first-order valence-electron chi connectivity index (χ1n) is 8.58. The third kappa shape index (κ3) is 4.55. The monoisotopic (exact) mass is 313 g/mol. The first-order valence-corrected chi connectivity index (χ1v) is 8.58. The van der Waals surface area contributed by atoms with Gasteiger partial charge in [-0.15, -0.1) is 0 Å². The lowest BCUT2D eigenvalue weighted by Gasteiger charge is -2.33. The van der Waals surface area contributed by atoms with Crippen LogP contribution in [0.3, 0.4) is 0 Å². The number of hydrogen-bond donors (Lipinski definition) is 1. The number of anilines is 1. The Labute approximate surface area is 138 Å². The minimum atomic E-state index is 0.479. The highest BCUT2D eigenvalue weighted by atomic mass is 15.3. The summed E-state index contributed by atoms with van der Waals surface area (Å²) in [6.45, 7) is 5.59. The Morgan fingerprint density at radius 2 is 1.96 bits per heavy atom. The molecular formula is C18H27N5. The molecule has 0 aliphatic carbocycles. The van der Waals surface area contributed by atoms with E-state index in [0.29, 0.717) is 6.04 Å². The van der Waals surface area contributed by atoms with Crippen molar-refractivity contribution in [2.45, 2.75) is 38.8 Å². The van der Waals surface area contributed by atoms with Crippen LogP contribution in [0, 0.1) is 5.92 Å². The number of aromatic nitrogens is 3. The summed E-state index contributed by atoms with van der Waals surface area (Å²) in [5, 5.41) is 8.24. The number of pyridine rings is 1. The molecule has 3 rings (SSSR count). The molecule has 1 atom stereocenters. The second-order valence-corrected chi connectivity index (χ2v) is 6.64. The fourth-order valence-electron chi connectivity index (χ4n) is 3.24. The van der Waals surface area contributed by atoms with Gasteiger partial charge in [0.2, 0.25) is 0 Å². The molecule has 1 saturated heterocycles. The number of rotatable bonds is 6. The van der Waals surface area contributed by atoms with Gasteiger partial charge >= 0.3 is 0 Å². The number of likely N-dealkylation sites (tertiary alicyclic amines) is 1. The molecule has 3 heterocycles. The van der Waals surface area contributed by atoms with Gasteiger partial charge in [-0.25, -0.2) is 0 Å². The maximum absolute atomic E-state index is 4.65. The van der Waals surface area contributed by atoms with Crippen LogP contribution in [0.4, 0.5) is 5.82 Å². The fraction of sp³-hybridized carbons (Fsp3) is 0.556. The van der Waals surface area contributed by atoms with Crippen molar-refractivity contribution >= 4 is 5.82 Å². The van der Waals surface area contributed by atoms with Gasteiger partial charge in [0, 0.05) is 37.2 Å². The summed E-state index contributed by atoms with van der Waals surface area (Å²) in [6, 6.07) is 6.68. The van der Waals surface area contributed by atoms with E-state index in [-0.39, 0.29) is 0 Å². The molecule has 0 radical (unpaired) electrons. The van der Waals surface area contributed by atoms with Gasteiger partial charge in [-0.05, 0) is 69.9 Å². The predicted octanol–water partition coefficient (Wildman–Crippen LogP) is 2.66. The van der Waals surface area contributed by atoms with E-state index in [0.717, 1.165) is 24.7 Å². The van der Waals surface area contributed by atoms with Crippen LogP contribution >= 0.6 is 0 Å². The molecule has 5 nitrogen and oxygen atoms in total. The molecule has 5 heteroatoms. The number of aryl methyl sites for hydroxylation is 2. The van der Waals surface area contributed by atoms with Crippen LogP contribution in [0.25, 0.3) is 0 Å². The summed E-state index contributed by atoms with van der Waals surface area (Å²) in [5.41, 5.74) is 1.30. The molecule has 0 saturated carbocycles. The molecule has 0 bridgehead atoms. The zero-order valence-electron chi connectivity index (χ0n) is 14.2. The van der Waals surface area contributed by atoms with Crippen molar-refractivity contribution in [2.75, 3.05) is 25.5 Å². The normalized spacial score (nSPS) is 18.0. The fourth-order valence-corrected chi connectivity index (χ4v) is 3.24. The molecule has 2 aromatic rings. The average molecular weight is 313 g/mol. The summed E-state index contributed by atoms with van der Waals surface area (Å²) >= 11 is 0. The Hall–Kier alpha value is -1.88. The topological polar surface area (TPSA) is 46.0 Å². The highest BCUT2D eigenvalue weighted by Gasteiger charge is 2.22. The maximum atomic E-state index is 4.65. The van der Waals surface area contributed by atoms with Gasteiger partial charge in [-0.2, -0.15) is 5.10 Å². The summed E-state index contributed by atoms with van der Waals surface area (Å²) in [5.74, 6) is 1.74. The molecule has 1 aliphatic rings. The number of nitrogens with one attached hydrogen (secondary N) is 1. The van der Waals surface area contributed by atoms with E-state index in [1.54, 1.807) is 0 Å². The standard InChI is InChI=1S/C18H27N5/c1-15(17-6-11-22(2)12-7-17)20-18-8-14-23(21-18)13-5-16-3-9-19-10-4-16/h3-4,8-10,14-15,17H,5-7,11-13H2,1-2H3,(H,20,21). The van der Waals surface area contributed by atoms with Crippen molar-refractivity contribution in [3.8, 4) is 0 Å². The lowest BCUT2D eigenvalue weighted by molar-refractivity contribution is 0.208. The van der Waals surface area contributed by atoms with Gasteiger partial charge in [0.1, 0.15) is 5.82 Å². The number of nitrogens with zero attached hydrogens (tertiary/aromatic N) is 4. The Morgan fingerprint density at radius 1 is 1.22 bits per heavy atom. The van der Waals surface area contributed by atoms with E-state index in [1.165, 1.54) is 31.5 Å². The second-order valence-electron chi connectivity index (χ2n) is 6.64. The highest BCUT2D eigenvalue weighted by Crippen LogP contribution is 2.22. The summed E-state index contributed by atoms with van der Waals surface area (Å²) < 4.78 is 2.02. The molecule has 0 amide bonds. The van der Waals surface area contributed by atoms with Crippen LogP contribution in [-0.4, -0.2) is 45.8 Å². The summed E-state index contributed by atoms with van der Waals surface area (Å²) in [7, 11) is 2.21. The van der Waals surface area contributed by atoms with Crippen molar-refractivity contribution in [1.82, 2.24) is 19.7 Å². The van der Waals surface area contributed by atoms with Gasteiger partial charge in [0.15, 0.2) is 0 Å². The molecule has 1 N–H and O–H groups in total. The van der Waals surface area contributed by atoms with Gasteiger partial charge < -0.3 is 10.2 Å². The Morgan fingerprint density at radius 3 is 2.70 bits per heavy atom. The third-order valence-electron chi connectivity index (χ3n) is 4.87. The molecule has 1 unspecified atom stereocenters. The van der Waals surface area contributed by atoms with Crippen LogP contribution < -0.4 is 5.32 Å². The van der Waals surface area contributed by atoms with Crippen molar-refractivity contribution in [3.63, 3.8) is 0 Å². The van der Waals surface area contributed by atoms with E-state index in [2.05, 4.69) is 58.7 Å². The largest absolute Gasteiger partial charge is 0.366 e. The molecule has 1 fully saturated rings. The van der Waals surface area contributed by atoms with E-state index in [1.807, 2.05) is 17.1 Å². The van der Waals surface area contributed by atoms with Gasteiger partial charge in [-0.1, -0.05) is 0 Å². The van der Waals surface area contributed by atoms with Crippen molar-refractivity contribution in [2.24, 2.45) is 5.92 Å². The van der Waals surface area contributed by atoms with Crippen LogP contribution in [0.5, 0.6) is 0 Å². The zero-order valence-corrected chi connectivity index (χ0v) is 14.2. The first-order chi connectivity index (χ1) is 11.2. The van der Waals surface area contributed by atoms with E-state index < -0.39 is 0 Å². The highest BCUT2D eigenvalue weighted by molar-refractivity contribution is 5.33. The van der Waals surface area contributed by atoms with Gasteiger partial charge in [0.05, 0.1) is 0 Å². The van der Waals surface area contributed by atoms with Gasteiger partial charge in [0.25, 0.3) is 0 Å². The minimum Gasteiger partial charge on any atom is -0.366 e. The SMILES string of the molecule is CC(Nc1ccn(CCc2ccncc2)n1)C1CCN(C)CC1. The first kappa shape index (κ1) is 16.0. The predicted molar refractivity (Wildman–Crippen MR) is 93.5 cm³/mol. The van der Waals surface area contributed by atoms with Crippen LogP contribution in [0.15, 0.2) is 36.8 Å². The molecule has 0 spiro atoms.